The van der Waals surface area contributed by atoms with E-state index in [1.165, 1.54) is 0 Å². The molecule has 0 spiro atoms. The van der Waals surface area contributed by atoms with E-state index < -0.39 is 28.0 Å². The van der Waals surface area contributed by atoms with Crippen LogP contribution in [0.3, 0.4) is 0 Å². The molecule has 0 aromatic heterocycles. The van der Waals surface area contributed by atoms with E-state index >= 15 is 0 Å². The summed E-state index contributed by atoms with van der Waals surface area (Å²) in [6.45, 7) is 1.90. The van der Waals surface area contributed by atoms with Crippen molar-refractivity contribution in [3.63, 3.8) is 0 Å². The van der Waals surface area contributed by atoms with Gasteiger partial charge in [0, 0.05) is 23.9 Å². The van der Waals surface area contributed by atoms with Crippen molar-refractivity contribution in [3.8, 4) is 0 Å². The number of nitrogens with zero attached hydrogens (tertiary/aromatic N) is 1. The molecule has 0 saturated heterocycles. The Labute approximate surface area is 119 Å². The lowest BCUT2D eigenvalue weighted by Crippen LogP contribution is -2.22. The fourth-order valence-electron chi connectivity index (χ4n) is 1.68. The smallest absolute Gasteiger partial charge is 0.338 e. The Morgan fingerprint density at radius 2 is 2.25 bits per heavy atom. The van der Waals surface area contributed by atoms with Gasteiger partial charge in [0.25, 0.3) is 5.69 Å². The average molecular weight is 302 g/mol. The normalized spacial score (nSPS) is 11.9. The predicted octanol–water partition coefficient (Wildman–Crippen LogP) is 2.99. The zero-order chi connectivity index (χ0) is 15.3. The van der Waals surface area contributed by atoms with Crippen LogP contribution in [0.5, 0.6) is 0 Å². The molecule has 0 amide bonds. The van der Waals surface area contributed by atoms with E-state index in [1.54, 1.807) is 11.8 Å². The van der Waals surface area contributed by atoms with Crippen LogP contribution < -0.4 is 5.32 Å². The Bertz CT molecular complexity index is 524. The largest absolute Gasteiger partial charge is 0.478 e. The van der Waals surface area contributed by atoms with E-state index in [-0.39, 0.29) is 11.7 Å². The van der Waals surface area contributed by atoms with E-state index in [2.05, 4.69) is 5.32 Å². The quantitative estimate of drug-likeness (QED) is 0.594. The molecule has 0 aliphatic rings. The number of hydrogen-bond donors (Lipinski definition) is 2. The molecule has 1 aromatic rings. The van der Waals surface area contributed by atoms with Gasteiger partial charge in [0.05, 0.1) is 4.92 Å². The Balaban J connectivity index is 3.21. The molecule has 0 aliphatic heterocycles. The van der Waals surface area contributed by atoms with Crippen LogP contribution in [-0.2, 0) is 0 Å². The van der Waals surface area contributed by atoms with E-state index in [0.717, 1.165) is 12.1 Å². The molecule has 1 aromatic carbocycles. The third kappa shape index (κ3) is 3.83. The number of aromatic carboxylic acids is 1. The van der Waals surface area contributed by atoms with Crippen LogP contribution >= 0.6 is 11.8 Å². The zero-order valence-corrected chi connectivity index (χ0v) is 11.9. The maximum absolute atomic E-state index is 13.6. The Morgan fingerprint density at radius 3 is 2.70 bits per heavy atom. The molecule has 20 heavy (non-hydrogen) atoms. The standard InChI is InChI=1S/C12H15FN2O4S/c1-3-7(6-20-2)14-10-5-9(13)8(12(16)17)4-11(10)15(18)19/h4-5,7,14H,3,6H2,1-2H3,(H,16,17). The van der Waals surface area contributed by atoms with Crippen molar-refractivity contribution in [2.75, 3.05) is 17.3 Å². The van der Waals surface area contributed by atoms with Crippen molar-refractivity contribution < 1.29 is 19.2 Å². The minimum absolute atomic E-state index is 0.00148. The van der Waals surface area contributed by atoms with Crippen LogP contribution in [0.25, 0.3) is 0 Å². The molecule has 2 N–H and O–H groups in total. The summed E-state index contributed by atoms with van der Waals surface area (Å²) in [6, 6.07) is 1.55. The van der Waals surface area contributed by atoms with Gasteiger partial charge in [0.2, 0.25) is 0 Å². The molecule has 0 radical (unpaired) electrons. The topological polar surface area (TPSA) is 92.5 Å². The number of halogens is 1. The van der Waals surface area contributed by atoms with Crippen molar-refractivity contribution in [3.05, 3.63) is 33.6 Å². The highest BCUT2D eigenvalue weighted by Gasteiger charge is 2.23. The summed E-state index contributed by atoms with van der Waals surface area (Å²) in [5, 5.41) is 22.7. The van der Waals surface area contributed by atoms with Crippen molar-refractivity contribution in [2.24, 2.45) is 0 Å². The number of nitrogens with one attached hydrogen (secondary N) is 1. The van der Waals surface area contributed by atoms with Gasteiger partial charge in [-0.05, 0) is 12.7 Å². The summed E-state index contributed by atoms with van der Waals surface area (Å²) in [6.07, 6.45) is 2.60. The fraction of sp³-hybridized carbons (Fsp3) is 0.417. The Morgan fingerprint density at radius 1 is 1.60 bits per heavy atom. The van der Waals surface area contributed by atoms with Gasteiger partial charge in [0.1, 0.15) is 17.1 Å². The zero-order valence-electron chi connectivity index (χ0n) is 11.1. The molecule has 0 saturated carbocycles. The van der Waals surface area contributed by atoms with Crippen LogP contribution in [0.4, 0.5) is 15.8 Å². The third-order valence-electron chi connectivity index (χ3n) is 2.73. The molecule has 1 rings (SSSR count). The first kappa shape index (κ1) is 16.2. The van der Waals surface area contributed by atoms with E-state index in [0.29, 0.717) is 12.2 Å². The number of anilines is 1. The summed E-state index contributed by atoms with van der Waals surface area (Å²) >= 11 is 1.56. The summed E-state index contributed by atoms with van der Waals surface area (Å²) in [5.74, 6) is -1.83. The van der Waals surface area contributed by atoms with E-state index in [9.17, 15) is 19.3 Å². The second kappa shape index (κ2) is 7.09. The van der Waals surface area contributed by atoms with Crippen LogP contribution in [0, 0.1) is 15.9 Å². The predicted molar refractivity (Wildman–Crippen MR) is 76.1 cm³/mol. The van der Waals surface area contributed by atoms with Crippen molar-refractivity contribution in [1.82, 2.24) is 0 Å². The second-order valence-electron chi connectivity index (χ2n) is 4.12. The molecule has 8 heteroatoms. The lowest BCUT2D eigenvalue weighted by molar-refractivity contribution is -0.384. The third-order valence-corrected chi connectivity index (χ3v) is 3.47. The van der Waals surface area contributed by atoms with Gasteiger partial charge >= 0.3 is 5.97 Å². The molecule has 0 aliphatic carbocycles. The summed E-state index contributed by atoms with van der Waals surface area (Å²) in [4.78, 5) is 21.1. The van der Waals surface area contributed by atoms with Crippen molar-refractivity contribution in [2.45, 2.75) is 19.4 Å². The van der Waals surface area contributed by atoms with Gasteiger partial charge in [-0.15, -0.1) is 0 Å². The lowest BCUT2D eigenvalue weighted by Gasteiger charge is -2.17. The highest BCUT2D eigenvalue weighted by Crippen LogP contribution is 2.29. The summed E-state index contributed by atoms with van der Waals surface area (Å²) < 4.78 is 13.6. The lowest BCUT2D eigenvalue weighted by atomic mass is 10.1. The monoisotopic (exact) mass is 302 g/mol. The van der Waals surface area contributed by atoms with Crippen LogP contribution in [0.15, 0.2) is 12.1 Å². The maximum atomic E-state index is 13.6. The number of thioether (sulfide) groups is 1. The summed E-state index contributed by atoms with van der Waals surface area (Å²) in [7, 11) is 0. The van der Waals surface area contributed by atoms with Crippen molar-refractivity contribution >= 4 is 29.1 Å². The van der Waals surface area contributed by atoms with Gasteiger partial charge in [-0.2, -0.15) is 11.8 Å². The van der Waals surface area contributed by atoms with Crippen LogP contribution in [0.2, 0.25) is 0 Å². The van der Waals surface area contributed by atoms with Gasteiger partial charge < -0.3 is 10.4 Å². The first-order chi connectivity index (χ1) is 9.40. The molecule has 0 fully saturated rings. The molecule has 0 bridgehead atoms. The number of rotatable bonds is 7. The Kier molecular flexibility index (Phi) is 5.75. The van der Waals surface area contributed by atoms with Crippen molar-refractivity contribution in [1.29, 1.82) is 0 Å². The minimum atomic E-state index is -1.53. The number of carbonyl (C=O) groups is 1. The number of carboxylic acid groups (broad SMARTS) is 1. The van der Waals surface area contributed by atoms with Gasteiger partial charge in [-0.25, -0.2) is 9.18 Å². The number of nitro benzene ring substituents is 1. The number of nitro groups is 1. The maximum Gasteiger partial charge on any atom is 0.338 e. The van der Waals surface area contributed by atoms with E-state index in [1.807, 2.05) is 13.2 Å². The molecule has 1 atom stereocenters. The average Bonchev–Trinajstić information content (AvgIpc) is 2.37. The number of hydrogen-bond acceptors (Lipinski definition) is 5. The molecule has 110 valence electrons. The molecule has 6 nitrogen and oxygen atoms in total. The highest BCUT2D eigenvalue weighted by molar-refractivity contribution is 7.98. The highest BCUT2D eigenvalue weighted by atomic mass is 32.2. The molecular weight excluding hydrogens is 287 g/mol. The van der Waals surface area contributed by atoms with Crippen LogP contribution in [0.1, 0.15) is 23.7 Å². The van der Waals surface area contributed by atoms with E-state index in [4.69, 9.17) is 5.11 Å². The molecule has 1 unspecified atom stereocenters. The first-order valence-corrected chi connectivity index (χ1v) is 7.26. The van der Waals surface area contributed by atoms with Gasteiger partial charge in [-0.1, -0.05) is 6.92 Å². The SMILES string of the molecule is CCC(CSC)Nc1cc(F)c(C(=O)O)cc1[N+](=O)[O-]. The van der Waals surface area contributed by atoms with Gasteiger partial charge in [-0.3, -0.25) is 10.1 Å². The molecule has 0 heterocycles. The van der Waals surface area contributed by atoms with Crippen LogP contribution in [-0.4, -0.2) is 34.0 Å². The molecular formula is C12H15FN2O4S. The van der Waals surface area contributed by atoms with Gasteiger partial charge in [0.15, 0.2) is 0 Å². The number of benzene rings is 1. The summed E-state index contributed by atoms with van der Waals surface area (Å²) in [5.41, 5.74) is -1.15. The first-order valence-electron chi connectivity index (χ1n) is 5.87. The minimum Gasteiger partial charge on any atom is -0.478 e. The fourth-order valence-corrected chi connectivity index (χ4v) is 2.40. The second-order valence-corrected chi connectivity index (χ2v) is 5.03. The Hall–Kier alpha value is -1.83. The number of carboxylic acids is 1.